The van der Waals surface area contributed by atoms with Crippen molar-refractivity contribution in [2.75, 3.05) is 0 Å². The number of carbonyl (C=O) groups excluding carboxylic acids is 1. The number of carbonyl (C=O) groups is 2. The van der Waals surface area contributed by atoms with Crippen molar-refractivity contribution >= 4 is 11.9 Å². The molecular formula is C11H19NO3. The molecule has 1 fully saturated rings. The molecule has 4 nitrogen and oxygen atoms in total. The lowest BCUT2D eigenvalue weighted by atomic mass is 9.59. The van der Waals surface area contributed by atoms with Crippen LogP contribution in [0.3, 0.4) is 0 Å². The third-order valence-corrected chi connectivity index (χ3v) is 4.90. The molecule has 0 spiro atoms. The van der Waals surface area contributed by atoms with Gasteiger partial charge in [0, 0.05) is 0 Å². The number of rotatable bonds is 2. The Bertz CT molecular complexity index is 294. The maximum absolute atomic E-state index is 11.5. The predicted molar refractivity (Wildman–Crippen MR) is 56.1 cm³/mol. The first kappa shape index (κ1) is 12.0. The summed E-state index contributed by atoms with van der Waals surface area (Å²) in [5.74, 6) is -1.25. The van der Waals surface area contributed by atoms with Crippen LogP contribution >= 0.6 is 0 Å². The largest absolute Gasteiger partial charge is 0.481 e. The van der Waals surface area contributed by atoms with E-state index in [0.29, 0.717) is 12.8 Å². The molecule has 0 aromatic carbocycles. The van der Waals surface area contributed by atoms with E-state index in [1.165, 1.54) is 0 Å². The van der Waals surface area contributed by atoms with Gasteiger partial charge >= 0.3 is 5.97 Å². The normalized spacial score (nSPS) is 38.9. The second kappa shape index (κ2) is 2.97. The van der Waals surface area contributed by atoms with Gasteiger partial charge in [0.25, 0.3) is 0 Å². The highest BCUT2D eigenvalue weighted by Crippen LogP contribution is 2.62. The van der Waals surface area contributed by atoms with E-state index < -0.39 is 28.1 Å². The fourth-order valence-electron chi connectivity index (χ4n) is 2.54. The lowest BCUT2D eigenvalue weighted by molar-refractivity contribution is -0.158. The van der Waals surface area contributed by atoms with Crippen molar-refractivity contribution in [3.05, 3.63) is 0 Å². The Kier molecular flexibility index (Phi) is 2.38. The van der Waals surface area contributed by atoms with Crippen LogP contribution in [0.5, 0.6) is 0 Å². The van der Waals surface area contributed by atoms with Crippen LogP contribution in [0.4, 0.5) is 0 Å². The highest BCUT2D eigenvalue weighted by molar-refractivity contribution is 5.85. The third-order valence-electron chi connectivity index (χ3n) is 4.90. The molecule has 0 radical (unpaired) electrons. The molecule has 15 heavy (non-hydrogen) atoms. The molecule has 2 atom stereocenters. The van der Waals surface area contributed by atoms with Gasteiger partial charge in [0.1, 0.15) is 0 Å². The number of primary amides is 1. The minimum absolute atomic E-state index is 0.405. The van der Waals surface area contributed by atoms with E-state index >= 15 is 0 Å². The van der Waals surface area contributed by atoms with Crippen LogP contribution in [0.15, 0.2) is 0 Å². The third kappa shape index (κ3) is 1.20. The van der Waals surface area contributed by atoms with Gasteiger partial charge < -0.3 is 10.8 Å². The van der Waals surface area contributed by atoms with Crippen LogP contribution < -0.4 is 5.73 Å². The molecule has 0 unspecified atom stereocenters. The second-order valence-electron chi connectivity index (χ2n) is 5.46. The van der Waals surface area contributed by atoms with Crippen LogP contribution in [-0.4, -0.2) is 17.0 Å². The van der Waals surface area contributed by atoms with Gasteiger partial charge in [-0.1, -0.05) is 20.8 Å². The molecule has 0 aromatic rings. The number of aliphatic carboxylic acids is 1. The van der Waals surface area contributed by atoms with Crippen LogP contribution in [0.2, 0.25) is 0 Å². The molecule has 0 bridgehead atoms. The number of nitrogens with two attached hydrogens (primary N) is 1. The summed E-state index contributed by atoms with van der Waals surface area (Å²) in [5, 5.41) is 9.27. The van der Waals surface area contributed by atoms with Crippen molar-refractivity contribution in [1.29, 1.82) is 0 Å². The first-order chi connectivity index (χ1) is 6.59. The molecule has 1 aliphatic rings. The van der Waals surface area contributed by atoms with Gasteiger partial charge in [0.2, 0.25) is 5.91 Å². The summed E-state index contributed by atoms with van der Waals surface area (Å²) in [4.78, 5) is 22.8. The quantitative estimate of drug-likeness (QED) is 0.727. The van der Waals surface area contributed by atoms with E-state index in [-0.39, 0.29) is 0 Å². The Balaban J connectivity index is 3.26. The predicted octanol–water partition coefficient (Wildman–Crippen LogP) is 1.39. The van der Waals surface area contributed by atoms with E-state index in [4.69, 9.17) is 5.73 Å². The molecule has 0 saturated heterocycles. The van der Waals surface area contributed by atoms with Crippen LogP contribution in [0.1, 0.15) is 40.5 Å². The lowest BCUT2D eigenvalue weighted by Gasteiger charge is -2.43. The number of carboxylic acids is 1. The molecule has 0 aliphatic heterocycles. The number of hydrogen-bond donors (Lipinski definition) is 2. The highest BCUT2D eigenvalue weighted by atomic mass is 16.4. The van der Waals surface area contributed by atoms with E-state index in [2.05, 4.69) is 0 Å². The summed E-state index contributed by atoms with van der Waals surface area (Å²) in [6.07, 6.45) is 1.03. The van der Waals surface area contributed by atoms with Gasteiger partial charge in [-0.2, -0.15) is 0 Å². The number of amides is 1. The summed E-state index contributed by atoms with van der Waals surface area (Å²) in [5.41, 5.74) is 3.16. The Labute approximate surface area is 89.8 Å². The summed E-state index contributed by atoms with van der Waals surface area (Å²) in [6, 6.07) is 0. The summed E-state index contributed by atoms with van der Waals surface area (Å²) in [6.45, 7) is 7.10. The monoisotopic (exact) mass is 213 g/mol. The molecule has 4 heteroatoms. The van der Waals surface area contributed by atoms with Crippen molar-refractivity contribution in [2.45, 2.75) is 40.5 Å². The fourth-order valence-corrected chi connectivity index (χ4v) is 2.54. The molecule has 1 amide bonds. The van der Waals surface area contributed by atoms with Crippen molar-refractivity contribution in [3.63, 3.8) is 0 Å². The first-order valence-corrected chi connectivity index (χ1v) is 5.13. The van der Waals surface area contributed by atoms with E-state index in [1.54, 1.807) is 13.8 Å². The highest BCUT2D eigenvalue weighted by Gasteiger charge is 2.64. The molecule has 1 aliphatic carbocycles. The average molecular weight is 213 g/mol. The Hall–Kier alpha value is -1.06. The maximum atomic E-state index is 11.5. The Morgan fingerprint density at radius 1 is 1.07 bits per heavy atom. The van der Waals surface area contributed by atoms with Gasteiger partial charge in [-0.05, 0) is 25.2 Å². The Morgan fingerprint density at radius 2 is 1.47 bits per heavy atom. The molecule has 0 aromatic heterocycles. The van der Waals surface area contributed by atoms with E-state index in [9.17, 15) is 14.7 Å². The number of hydrogen-bond acceptors (Lipinski definition) is 2. The van der Waals surface area contributed by atoms with Crippen LogP contribution in [0, 0.1) is 16.2 Å². The minimum Gasteiger partial charge on any atom is -0.481 e. The summed E-state index contributed by atoms with van der Waals surface area (Å²) in [7, 11) is 0. The zero-order valence-electron chi connectivity index (χ0n) is 9.76. The van der Waals surface area contributed by atoms with E-state index in [0.717, 1.165) is 0 Å². The maximum Gasteiger partial charge on any atom is 0.309 e. The van der Waals surface area contributed by atoms with Crippen molar-refractivity contribution in [2.24, 2.45) is 22.0 Å². The van der Waals surface area contributed by atoms with Gasteiger partial charge in [0.15, 0.2) is 0 Å². The van der Waals surface area contributed by atoms with Gasteiger partial charge in [-0.3, -0.25) is 9.59 Å². The smallest absolute Gasteiger partial charge is 0.309 e. The molecule has 1 rings (SSSR count). The number of carboxylic acid groups (broad SMARTS) is 1. The van der Waals surface area contributed by atoms with Gasteiger partial charge in [-0.15, -0.1) is 0 Å². The molecular weight excluding hydrogens is 194 g/mol. The zero-order chi connectivity index (χ0) is 12.1. The molecule has 86 valence electrons. The van der Waals surface area contributed by atoms with Gasteiger partial charge in [-0.25, -0.2) is 0 Å². The second-order valence-corrected chi connectivity index (χ2v) is 5.46. The fraction of sp³-hybridized carbons (Fsp3) is 0.818. The topological polar surface area (TPSA) is 80.4 Å². The molecule has 1 saturated carbocycles. The molecule has 3 N–H and O–H groups in total. The molecule has 0 heterocycles. The zero-order valence-corrected chi connectivity index (χ0v) is 9.76. The Morgan fingerprint density at radius 3 is 1.67 bits per heavy atom. The van der Waals surface area contributed by atoms with Crippen LogP contribution in [0.25, 0.3) is 0 Å². The SMILES string of the molecule is CC1(C)[C@](C)(C(N)=O)CC[C@@]1(C)C(=O)O. The van der Waals surface area contributed by atoms with Crippen molar-refractivity contribution < 1.29 is 14.7 Å². The van der Waals surface area contributed by atoms with E-state index in [1.807, 2.05) is 13.8 Å². The van der Waals surface area contributed by atoms with Gasteiger partial charge in [0.05, 0.1) is 10.8 Å². The summed E-state index contributed by atoms with van der Waals surface area (Å²) < 4.78 is 0. The van der Waals surface area contributed by atoms with Crippen molar-refractivity contribution in [3.8, 4) is 0 Å². The first-order valence-electron chi connectivity index (χ1n) is 5.13. The minimum atomic E-state index is -0.878. The lowest BCUT2D eigenvalue weighted by Crippen LogP contribution is -2.50. The standard InChI is InChI=1S/C11H19NO3/c1-9(2)10(3,7(12)13)5-6-11(9,4)8(14)15/h5-6H2,1-4H3,(H2,12,13)(H,14,15)/t10-,11-/m0/s1. The average Bonchev–Trinajstić information content (AvgIpc) is 2.28. The van der Waals surface area contributed by atoms with Crippen LogP contribution in [-0.2, 0) is 9.59 Å². The summed E-state index contributed by atoms with van der Waals surface area (Å²) >= 11 is 0. The van der Waals surface area contributed by atoms with Crippen molar-refractivity contribution in [1.82, 2.24) is 0 Å².